The number of nitrogens with zero attached hydrogens (tertiary/aromatic N) is 2. The van der Waals surface area contributed by atoms with Gasteiger partial charge in [0.15, 0.2) is 11.6 Å². The van der Waals surface area contributed by atoms with Crippen molar-refractivity contribution in [2.75, 3.05) is 6.61 Å². The Morgan fingerprint density at radius 1 is 1.45 bits per heavy atom. The Hall–Kier alpha value is -0.923. The van der Waals surface area contributed by atoms with Gasteiger partial charge in [-0.25, -0.2) is 9.07 Å². The lowest BCUT2D eigenvalue weighted by atomic mass is 10.2. The molecule has 0 unspecified atom stereocenters. The van der Waals surface area contributed by atoms with Crippen molar-refractivity contribution in [2.24, 2.45) is 0 Å². The quantitative estimate of drug-likeness (QED) is 0.648. The second kappa shape index (κ2) is 5.83. The maximum Gasteiger partial charge on any atom is 0.179 e. The van der Waals surface area contributed by atoms with Gasteiger partial charge in [0.25, 0.3) is 0 Å². The van der Waals surface area contributed by atoms with Crippen molar-refractivity contribution in [3.63, 3.8) is 0 Å². The third-order valence-corrected chi connectivity index (χ3v) is 5.50. The number of aromatic nitrogens is 2. The fourth-order valence-electron chi connectivity index (χ4n) is 1.77. The summed E-state index contributed by atoms with van der Waals surface area (Å²) in [5, 5.41) is 14.3. The summed E-state index contributed by atoms with van der Waals surface area (Å²) in [6.45, 7) is 7.85. The molecule has 1 heterocycles. The van der Waals surface area contributed by atoms with E-state index in [1.54, 1.807) is 10.9 Å². The Bertz CT molecular complexity index is 625. The molecule has 0 fully saturated rings. The van der Waals surface area contributed by atoms with E-state index in [0.717, 1.165) is 6.04 Å². The molecule has 0 bridgehead atoms. The molecule has 0 radical (unpaired) electrons. The molecule has 2 rings (SSSR count). The summed E-state index contributed by atoms with van der Waals surface area (Å²) in [5.74, 6) is -1.06. The monoisotopic (exact) mass is 360 g/mol. The number of benzene rings is 1. The highest BCUT2D eigenvalue weighted by Gasteiger charge is 2.15. The first-order valence-corrected chi connectivity index (χ1v) is 10.9. The summed E-state index contributed by atoms with van der Waals surface area (Å²) in [6.07, 6.45) is 1.56. The molecular weight excluding hydrogens is 343 g/mol. The van der Waals surface area contributed by atoms with E-state index in [0.29, 0.717) is 24.2 Å². The van der Waals surface area contributed by atoms with Gasteiger partial charge >= 0.3 is 0 Å². The van der Waals surface area contributed by atoms with Crippen LogP contribution in [0.15, 0.2) is 16.7 Å². The van der Waals surface area contributed by atoms with Crippen molar-refractivity contribution in [1.29, 1.82) is 0 Å². The van der Waals surface area contributed by atoms with Crippen LogP contribution >= 0.6 is 15.9 Å². The summed E-state index contributed by atoms with van der Waals surface area (Å²) >= 11 is 3.13. The van der Waals surface area contributed by atoms with Gasteiger partial charge in [-0.15, -0.1) is 0 Å². The molecule has 0 atom stereocenters. The SMILES string of the molecule is C[Si](C)(C)CCOCn1ncc2c(Br)c(F)c(O)cc21. The van der Waals surface area contributed by atoms with E-state index in [1.165, 1.54) is 6.07 Å². The fourth-order valence-corrected chi connectivity index (χ4v) is 3.04. The van der Waals surface area contributed by atoms with E-state index in [9.17, 15) is 9.50 Å². The maximum absolute atomic E-state index is 13.5. The lowest BCUT2D eigenvalue weighted by Gasteiger charge is -2.15. The summed E-state index contributed by atoms with van der Waals surface area (Å²) in [6, 6.07) is 2.44. The molecule has 0 saturated carbocycles. The zero-order valence-corrected chi connectivity index (χ0v) is 14.4. The summed E-state index contributed by atoms with van der Waals surface area (Å²) in [7, 11) is -1.11. The first kappa shape index (κ1) is 15.5. The maximum atomic E-state index is 13.5. The van der Waals surface area contributed by atoms with Crippen LogP contribution in [-0.4, -0.2) is 29.6 Å². The number of hydrogen-bond donors (Lipinski definition) is 1. The van der Waals surface area contributed by atoms with Gasteiger partial charge in [-0.3, -0.25) is 0 Å². The van der Waals surface area contributed by atoms with Crippen molar-refractivity contribution in [3.05, 3.63) is 22.6 Å². The molecule has 20 heavy (non-hydrogen) atoms. The lowest BCUT2D eigenvalue weighted by molar-refractivity contribution is 0.0817. The summed E-state index contributed by atoms with van der Waals surface area (Å²) < 4.78 is 21.0. The molecule has 2 aromatic rings. The number of ether oxygens (including phenoxy) is 1. The molecule has 1 N–H and O–H groups in total. The van der Waals surface area contributed by atoms with Crippen LogP contribution in [0.4, 0.5) is 4.39 Å². The molecule has 0 aliphatic carbocycles. The Balaban J connectivity index is 2.12. The fraction of sp³-hybridized carbons (Fsp3) is 0.462. The first-order valence-electron chi connectivity index (χ1n) is 6.40. The van der Waals surface area contributed by atoms with Crippen LogP contribution in [0.1, 0.15) is 0 Å². The van der Waals surface area contributed by atoms with E-state index in [-0.39, 0.29) is 4.47 Å². The number of phenols is 1. The van der Waals surface area contributed by atoms with Gasteiger partial charge in [-0.1, -0.05) is 19.6 Å². The van der Waals surface area contributed by atoms with Gasteiger partial charge in [0.2, 0.25) is 0 Å². The normalized spacial score (nSPS) is 12.2. The van der Waals surface area contributed by atoms with E-state index >= 15 is 0 Å². The van der Waals surface area contributed by atoms with E-state index < -0.39 is 19.6 Å². The Kier molecular flexibility index (Phi) is 4.51. The van der Waals surface area contributed by atoms with E-state index in [2.05, 4.69) is 40.7 Å². The third-order valence-electron chi connectivity index (χ3n) is 3.02. The summed E-state index contributed by atoms with van der Waals surface area (Å²) in [5.41, 5.74) is 0.642. The van der Waals surface area contributed by atoms with Crippen LogP contribution < -0.4 is 0 Å². The smallest absolute Gasteiger partial charge is 0.179 e. The average Bonchev–Trinajstić information content (AvgIpc) is 2.74. The minimum Gasteiger partial charge on any atom is -0.505 e. The van der Waals surface area contributed by atoms with Crippen LogP contribution in [0.3, 0.4) is 0 Å². The van der Waals surface area contributed by atoms with Crippen molar-refractivity contribution in [3.8, 4) is 5.75 Å². The molecule has 1 aromatic carbocycles. The van der Waals surface area contributed by atoms with Gasteiger partial charge in [0, 0.05) is 26.1 Å². The predicted octanol–water partition coefficient (Wildman–Crippen LogP) is 3.96. The minimum atomic E-state index is -1.11. The molecule has 0 aliphatic rings. The third kappa shape index (κ3) is 3.39. The Labute approximate surface area is 126 Å². The van der Waals surface area contributed by atoms with Gasteiger partial charge in [0.05, 0.1) is 16.2 Å². The zero-order valence-electron chi connectivity index (χ0n) is 11.8. The molecule has 4 nitrogen and oxygen atoms in total. The van der Waals surface area contributed by atoms with Crippen molar-refractivity contribution < 1.29 is 14.2 Å². The van der Waals surface area contributed by atoms with Crippen LogP contribution in [0.5, 0.6) is 5.75 Å². The second-order valence-corrected chi connectivity index (χ2v) is 12.4. The van der Waals surface area contributed by atoms with E-state index in [1.807, 2.05) is 0 Å². The topological polar surface area (TPSA) is 47.3 Å². The predicted molar refractivity (Wildman–Crippen MR) is 83.2 cm³/mol. The zero-order chi connectivity index (χ0) is 14.9. The van der Waals surface area contributed by atoms with Crippen LogP contribution in [0, 0.1) is 5.82 Å². The molecule has 1 aromatic heterocycles. The van der Waals surface area contributed by atoms with Crippen molar-refractivity contribution >= 4 is 34.9 Å². The Morgan fingerprint density at radius 3 is 2.80 bits per heavy atom. The second-order valence-electron chi connectivity index (χ2n) is 5.95. The molecule has 7 heteroatoms. The van der Waals surface area contributed by atoms with Crippen LogP contribution in [0.2, 0.25) is 25.7 Å². The van der Waals surface area contributed by atoms with Gasteiger partial charge in [0.1, 0.15) is 6.73 Å². The summed E-state index contributed by atoms with van der Waals surface area (Å²) in [4.78, 5) is 0. The molecule has 0 aliphatic heterocycles. The highest BCUT2D eigenvalue weighted by molar-refractivity contribution is 9.10. The average molecular weight is 361 g/mol. The van der Waals surface area contributed by atoms with Crippen molar-refractivity contribution in [2.45, 2.75) is 32.4 Å². The Morgan fingerprint density at radius 2 is 2.15 bits per heavy atom. The van der Waals surface area contributed by atoms with Crippen LogP contribution in [0.25, 0.3) is 10.9 Å². The molecular formula is C13H18BrFN2O2Si. The minimum absolute atomic E-state index is 0.223. The largest absolute Gasteiger partial charge is 0.505 e. The van der Waals surface area contributed by atoms with Crippen molar-refractivity contribution in [1.82, 2.24) is 9.78 Å². The number of rotatable bonds is 5. The standard InChI is InChI=1S/C13H18BrFN2O2Si/c1-20(2,3)5-4-19-8-17-10-6-11(18)13(15)12(14)9(10)7-16-17/h6-7,18H,4-5,8H2,1-3H3. The highest BCUT2D eigenvalue weighted by atomic mass is 79.9. The molecule has 110 valence electrons. The molecule has 0 amide bonds. The van der Waals surface area contributed by atoms with Crippen LogP contribution in [-0.2, 0) is 11.5 Å². The van der Waals surface area contributed by atoms with Gasteiger partial charge in [-0.2, -0.15) is 5.10 Å². The number of fused-ring (bicyclic) bond motifs is 1. The lowest BCUT2D eigenvalue weighted by Crippen LogP contribution is -2.22. The molecule has 0 saturated heterocycles. The van der Waals surface area contributed by atoms with E-state index in [4.69, 9.17) is 4.74 Å². The molecule has 0 spiro atoms. The number of hydrogen-bond acceptors (Lipinski definition) is 3. The number of aromatic hydroxyl groups is 1. The number of halogens is 2. The highest BCUT2D eigenvalue weighted by Crippen LogP contribution is 2.32. The van der Waals surface area contributed by atoms with Gasteiger partial charge < -0.3 is 9.84 Å². The number of phenolic OH excluding ortho intramolecular Hbond substituents is 1. The first-order chi connectivity index (χ1) is 9.29. The van der Waals surface area contributed by atoms with Gasteiger partial charge in [-0.05, 0) is 22.0 Å².